The van der Waals surface area contributed by atoms with Crippen molar-refractivity contribution in [2.24, 2.45) is 0 Å². The van der Waals surface area contributed by atoms with Crippen molar-refractivity contribution in [3.8, 4) is 0 Å². The number of nitrogens with zero attached hydrogens (tertiary/aromatic N) is 2. The molecule has 7 nitrogen and oxygen atoms in total. The molecule has 0 saturated carbocycles. The number of nitrogens with one attached hydrogen (secondary N) is 2. The van der Waals surface area contributed by atoms with E-state index in [1.807, 2.05) is 0 Å². The second kappa shape index (κ2) is 6.49. The van der Waals surface area contributed by atoms with Crippen LogP contribution in [0.1, 0.15) is 6.42 Å². The number of pyridine rings is 2. The zero-order chi connectivity index (χ0) is 19.1. The van der Waals surface area contributed by atoms with Crippen LogP contribution in [0.15, 0.2) is 35.3 Å². The van der Waals surface area contributed by atoms with E-state index in [0.717, 1.165) is 4.90 Å². The number of rotatable bonds is 2. The van der Waals surface area contributed by atoms with Gasteiger partial charge in [0.2, 0.25) is 0 Å². The zero-order valence-electron chi connectivity index (χ0n) is 14.1. The van der Waals surface area contributed by atoms with Crippen LogP contribution in [0.3, 0.4) is 0 Å². The molecule has 0 bridgehead atoms. The number of aromatic nitrogens is 2. The summed E-state index contributed by atoms with van der Waals surface area (Å²) in [6.45, 7) is -0.0277. The van der Waals surface area contributed by atoms with Crippen molar-refractivity contribution in [3.05, 3.63) is 46.6 Å². The molecule has 2 aromatic heterocycles. The van der Waals surface area contributed by atoms with E-state index >= 15 is 0 Å². The number of benzene rings is 1. The second-order valence-corrected chi connectivity index (χ2v) is 6.50. The van der Waals surface area contributed by atoms with Crippen molar-refractivity contribution >= 4 is 33.6 Å². The monoisotopic (exact) mass is 374 g/mol. The third-order valence-corrected chi connectivity index (χ3v) is 4.81. The van der Waals surface area contributed by atoms with Gasteiger partial charge in [0.1, 0.15) is 17.8 Å². The number of amides is 1. The standard InChI is InChI=1S/C18H16F2N4O3/c19-9-1-2-10-11(7-9)15-14(3-5-21-17(15)25)23-16(10)22-13-4-6-24(18(26)27)8-12(13)20/h1-3,5,7,12-13H,4,6,8H2,(H,21,25)(H,22,23)(H,26,27)/t12-,13-/m0/s1. The van der Waals surface area contributed by atoms with Crippen LogP contribution < -0.4 is 10.9 Å². The topological polar surface area (TPSA) is 98.3 Å². The normalized spacial score (nSPS) is 20.1. The molecule has 3 aromatic rings. The Kier molecular flexibility index (Phi) is 4.14. The first-order chi connectivity index (χ1) is 12.9. The molecule has 1 aliphatic heterocycles. The molecule has 0 spiro atoms. The number of carbonyl (C=O) groups is 1. The molecule has 27 heavy (non-hydrogen) atoms. The van der Waals surface area contributed by atoms with E-state index in [1.54, 1.807) is 6.07 Å². The summed E-state index contributed by atoms with van der Waals surface area (Å²) >= 11 is 0. The lowest BCUT2D eigenvalue weighted by molar-refractivity contribution is 0.101. The average Bonchev–Trinajstić information content (AvgIpc) is 2.63. The van der Waals surface area contributed by atoms with Crippen LogP contribution in [0, 0.1) is 5.82 Å². The number of aromatic amines is 1. The summed E-state index contributed by atoms with van der Waals surface area (Å²) in [4.78, 5) is 31.2. The molecule has 1 aliphatic rings. The molecule has 1 aromatic carbocycles. The third kappa shape index (κ3) is 3.05. The number of fused-ring (bicyclic) bond motifs is 3. The van der Waals surface area contributed by atoms with Gasteiger partial charge in [-0.1, -0.05) is 0 Å². The summed E-state index contributed by atoms with van der Waals surface area (Å²) in [5, 5.41) is 13.2. The highest BCUT2D eigenvalue weighted by molar-refractivity contribution is 6.09. The predicted molar refractivity (Wildman–Crippen MR) is 96.3 cm³/mol. The largest absolute Gasteiger partial charge is 0.465 e. The third-order valence-electron chi connectivity index (χ3n) is 4.81. The number of carboxylic acid groups (broad SMARTS) is 1. The first-order valence-electron chi connectivity index (χ1n) is 8.43. The summed E-state index contributed by atoms with van der Waals surface area (Å²) < 4.78 is 28.3. The Morgan fingerprint density at radius 2 is 2.15 bits per heavy atom. The molecule has 9 heteroatoms. The minimum atomic E-state index is -1.41. The Bertz CT molecular complexity index is 1100. The Labute approximate surface area is 151 Å². The molecule has 4 rings (SSSR count). The average molecular weight is 374 g/mol. The highest BCUT2D eigenvalue weighted by Crippen LogP contribution is 2.30. The van der Waals surface area contributed by atoms with Crippen LogP contribution in [0.25, 0.3) is 21.7 Å². The van der Waals surface area contributed by atoms with Crippen LogP contribution in [-0.2, 0) is 0 Å². The zero-order valence-corrected chi connectivity index (χ0v) is 14.1. The Morgan fingerprint density at radius 3 is 2.89 bits per heavy atom. The van der Waals surface area contributed by atoms with Gasteiger partial charge in [-0.25, -0.2) is 18.6 Å². The van der Waals surface area contributed by atoms with Crippen molar-refractivity contribution in [2.75, 3.05) is 18.4 Å². The maximum atomic E-state index is 14.5. The minimum Gasteiger partial charge on any atom is -0.465 e. The fourth-order valence-electron chi connectivity index (χ4n) is 3.46. The quantitative estimate of drug-likeness (QED) is 0.599. The van der Waals surface area contributed by atoms with E-state index < -0.39 is 24.1 Å². The van der Waals surface area contributed by atoms with Crippen molar-refractivity contribution in [3.63, 3.8) is 0 Å². The molecule has 1 saturated heterocycles. The van der Waals surface area contributed by atoms with Gasteiger partial charge in [0.15, 0.2) is 0 Å². The van der Waals surface area contributed by atoms with Gasteiger partial charge in [0, 0.05) is 23.5 Å². The number of hydrogen-bond acceptors (Lipinski definition) is 4. The van der Waals surface area contributed by atoms with E-state index in [-0.39, 0.29) is 30.5 Å². The molecular formula is C18H16F2N4O3. The lowest BCUT2D eigenvalue weighted by atomic mass is 10.0. The SMILES string of the molecule is O=C(O)N1CC[C@H](Nc2nc3cc[nH]c(=O)c3c3cc(F)ccc23)[C@@H](F)C1. The molecule has 1 amide bonds. The summed E-state index contributed by atoms with van der Waals surface area (Å²) in [6, 6.07) is 4.94. The van der Waals surface area contributed by atoms with Gasteiger partial charge in [-0.05, 0) is 30.7 Å². The van der Waals surface area contributed by atoms with Gasteiger partial charge in [-0.2, -0.15) is 0 Å². The lowest BCUT2D eigenvalue weighted by Crippen LogP contribution is -2.49. The van der Waals surface area contributed by atoms with E-state index in [9.17, 15) is 18.4 Å². The maximum Gasteiger partial charge on any atom is 0.407 e. The van der Waals surface area contributed by atoms with Crippen LogP contribution in [0.4, 0.5) is 19.4 Å². The van der Waals surface area contributed by atoms with Gasteiger partial charge in [-0.15, -0.1) is 0 Å². The molecule has 0 aliphatic carbocycles. The van der Waals surface area contributed by atoms with E-state index in [2.05, 4.69) is 15.3 Å². The molecule has 3 heterocycles. The van der Waals surface area contributed by atoms with E-state index in [0.29, 0.717) is 22.1 Å². The van der Waals surface area contributed by atoms with Crippen LogP contribution >= 0.6 is 0 Å². The Hall–Kier alpha value is -3.23. The van der Waals surface area contributed by atoms with Gasteiger partial charge in [0.05, 0.1) is 23.5 Å². The summed E-state index contributed by atoms with van der Waals surface area (Å²) in [5.41, 5.74) is -0.0296. The number of alkyl halides is 1. The Morgan fingerprint density at radius 1 is 1.33 bits per heavy atom. The van der Waals surface area contributed by atoms with Crippen molar-refractivity contribution in [1.82, 2.24) is 14.9 Å². The predicted octanol–water partition coefficient (Wildman–Crippen LogP) is 2.72. The molecule has 0 radical (unpaired) electrons. The highest BCUT2D eigenvalue weighted by atomic mass is 19.1. The number of piperidine rings is 1. The van der Waals surface area contributed by atoms with Crippen molar-refractivity contribution in [2.45, 2.75) is 18.6 Å². The molecule has 2 atom stereocenters. The Balaban J connectivity index is 1.78. The van der Waals surface area contributed by atoms with Gasteiger partial charge in [0.25, 0.3) is 5.56 Å². The van der Waals surface area contributed by atoms with Gasteiger partial charge >= 0.3 is 6.09 Å². The molecular weight excluding hydrogens is 358 g/mol. The van der Waals surface area contributed by atoms with E-state index in [1.165, 1.54) is 24.4 Å². The first-order valence-corrected chi connectivity index (χ1v) is 8.43. The fourth-order valence-corrected chi connectivity index (χ4v) is 3.46. The molecule has 140 valence electrons. The number of H-pyrrole nitrogens is 1. The molecule has 1 fully saturated rings. The number of halogens is 2. The van der Waals surface area contributed by atoms with Crippen LogP contribution in [-0.4, -0.2) is 51.4 Å². The fraction of sp³-hybridized carbons (Fsp3) is 0.278. The minimum absolute atomic E-state index is 0.202. The number of hydrogen-bond donors (Lipinski definition) is 3. The molecule has 0 unspecified atom stereocenters. The van der Waals surface area contributed by atoms with Crippen LogP contribution in [0.5, 0.6) is 0 Å². The smallest absolute Gasteiger partial charge is 0.407 e. The maximum absolute atomic E-state index is 14.5. The summed E-state index contributed by atoms with van der Waals surface area (Å²) in [7, 11) is 0. The second-order valence-electron chi connectivity index (χ2n) is 6.50. The van der Waals surface area contributed by atoms with Crippen molar-refractivity contribution in [1.29, 1.82) is 0 Å². The number of likely N-dealkylation sites (tertiary alicyclic amines) is 1. The van der Waals surface area contributed by atoms with E-state index in [4.69, 9.17) is 5.11 Å². The first kappa shape index (κ1) is 17.2. The molecule has 3 N–H and O–H groups in total. The highest BCUT2D eigenvalue weighted by Gasteiger charge is 2.32. The summed E-state index contributed by atoms with van der Waals surface area (Å²) in [6.07, 6.45) is -0.858. The van der Waals surface area contributed by atoms with Crippen LogP contribution in [0.2, 0.25) is 0 Å². The summed E-state index contributed by atoms with van der Waals surface area (Å²) in [5.74, 6) is -0.165. The van der Waals surface area contributed by atoms with Gasteiger partial charge < -0.3 is 20.3 Å². The van der Waals surface area contributed by atoms with Crippen molar-refractivity contribution < 1.29 is 18.7 Å². The lowest BCUT2D eigenvalue weighted by Gasteiger charge is -2.33. The number of anilines is 1. The van der Waals surface area contributed by atoms with Gasteiger partial charge in [-0.3, -0.25) is 4.79 Å².